The molecule has 2 atom stereocenters. The lowest BCUT2D eigenvalue weighted by Gasteiger charge is -2.23. The second-order valence-corrected chi connectivity index (χ2v) is 9.01. The second kappa shape index (κ2) is 13.7. The van der Waals surface area contributed by atoms with Crippen molar-refractivity contribution < 1.29 is 28.1 Å². The van der Waals surface area contributed by atoms with Gasteiger partial charge in [-0.1, -0.05) is 24.6 Å². The van der Waals surface area contributed by atoms with Crippen LogP contribution in [-0.4, -0.2) is 39.0 Å². The summed E-state index contributed by atoms with van der Waals surface area (Å²) in [6, 6.07) is 12.9. The van der Waals surface area contributed by atoms with Crippen LogP contribution in [0, 0.1) is 5.82 Å². The fourth-order valence-electron chi connectivity index (χ4n) is 4.27. The molecular weight excluding hydrogens is 435 g/mol. The highest BCUT2D eigenvalue weighted by atomic mass is 19.1. The largest absolute Gasteiger partial charge is 0.494 e. The molecule has 0 aromatic heterocycles. The minimum atomic E-state index is -0.372. The fourth-order valence-corrected chi connectivity index (χ4v) is 4.27. The Morgan fingerprint density at radius 1 is 0.735 bits per heavy atom. The smallest absolute Gasteiger partial charge is 0.199 e. The van der Waals surface area contributed by atoms with Crippen LogP contribution in [0.1, 0.15) is 64.2 Å². The number of ether oxygens (including phenoxy) is 5. The van der Waals surface area contributed by atoms with Crippen molar-refractivity contribution >= 4 is 0 Å². The molecule has 0 aliphatic carbocycles. The molecule has 34 heavy (non-hydrogen) atoms. The van der Waals surface area contributed by atoms with E-state index in [-0.39, 0.29) is 24.1 Å². The number of hydrogen-bond acceptors (Lipinski definition) is 5. The third-order valence-corrected chi connectivity index (χ3v) is 6.26. The summed E-state index contributed by atoms with van der Waals surface area (Å²) in [5, 5.41) is 0. The van der Waals surface area contributed by atoms with E-state index in [9.17, 15) is 4.39 Å². The van der Waals surface area contributed by atoms with E-state index >= 15 is 0 Å². The Morgan fingerprint density at radius 2 is 1.41 bits per heavy atom. The maximum atomic E-state index is 14.6. The lowest BCUT2D eigenvalue weighted by atomic mass is 10.1. The van der Waals surface area contributed by atoms with Gasteiger partial charge in [-0.3, -0.25) is 0 Å². The molecule has 186 valence electrons. The third kappa shape index (κ3) is 7.97. The van der Waals surface area contributed by atoms with Crippen molar-refractivity contribution in [2.45, 2.75) is 76.8 Å². The van der Waals surface area contributed by atoms with Gasteiger partial charge in [0.05, 0.1) is 13.2 Å². The molecule has 2 aliphatic rings. The maximum absolute atomic E-state index is 14.6. The molecule has 0 spiro atoms. The maximum Gasteiger partial charge on any atom is 0.199 e. The molecule has 0 bridgehead atoms. The van der Waals surface area contributed by atoms with Gasteiger partial charge >= 0.3 is 0 Å². The molecule has 2 fully saturated rings. The van der Waals surface area contributed by atoms with E-state index in [1.165, 1.54) is 12.5 Å². The zero-order chi connectivity index (χ0) is 23.4. The lowest BCUT2D eigenvalue weighted by Crippen LogP contribution is -2.25. The second-order valence-electron chi connectivity index (χ2n) is 9.01. The summed E-state index contributed by atoms with van der Waals surface area (Å²) in [5.41, 5.74) is 1.75. The molecule has 2 saturated heterocycles. The summed E-state index contributed by atoms with van der Waals surface area (Å²) in [5.74, 6) is 0.699. The van der Waals surface area contributed by atoms with Gasteiger partial charge in [0.2, 0.25) is 0 Å². The Balaban J connectivity index is 1.13. The predicted octanol–water partition coefficient (Wildman–Crippen LogP) is 6.88. The molecule has 0 radical (unpaired) electrons. The SMILES string of the molecule is Fc1cc(-c2ccc(OCCCCCCOC3CCCCO3)cc2)ccc1OC1CCCCO1. The first-order chi connectivity index (χ1) is 16.8. The minimum absolute atomic E-state index is 0.0129. The van der Waals surface area contributed by atoms with Crippen LogP contribution in [0.5, 0.6) is 11.5 Å². The van der Waals surface area contributed by atoms with Crippen molar-refractivity contribution in [2.24, 2.45) is 0 Å². The van der Waals surface area contributed by atoms with Crippen LogP contribution in [0.4, 0.5) is 4.39 Å². The summed E-state index contributed by atoms with van der Waals surface area (Å²) in [7, 11) is 0. The summed E-state index contributed by atoms with van der Waals surface area (Å²) >= 11 is 0. The van der Waals surface area contributed by atoms with Crippen LogP contribution in [0.15, 0.2) is 42.5 Å². The van der Waals surface area contributed by atoms with Gasteiger partial charge in [-0.15, -0.1) is 0 Å². The van der Waals surface area contributed by atoms with Gasteiger partial charge in [-0.25, -0.2) is 4.39 Å². The number of hydrogen-bond donors (Lipinski definition) is 0. The van der Waals surface area contributed by atoms with Crippen molar-refractivity contribution in [3.63, 3.8) is 0 Å². The van der Waals surface area contributed by atoms with E-state index in [1.54, 1.807) is 6.07 Å². The molecule has 2 aliphatic heterocycles. The van der Waals surface area contributed by atoms with E-state index in [4.69, 9.17) is 23.7 Å². The molecule has 4 rings (SSSR count). The molecule has 2 aromatic carbocycles. The summed E-state index contributed by atoms with van der Waals surface area (Å²) < 4.78 is 43.0. The van der Waals surface area contributed by atoms with Gasteiger partial charge in [0.25, 0.3) is 0 Å². The topological polar surface area (TPSA) is 46.2 Å². The Labute approximate surface area is 202 Å². The van der Waals surface area contributed by atoms with Crippen LogP contribution >= 0.6 is 0 Å². The first-order valence-corrected chi connectivity index (χ1v) is 12.8. The van der Waals surface area contributed by atoms with Crippen LogP contribution in [0.3, 0.4) is 0 Å². The van der Waals surface area contributed by atoms with Crippen LogP contribution in [-0.2, 0) is 14.2 Å². The van der Waals surface area contributed by atoms with E-state index in [0.717, 1.165) is 87.9 Å². The highest BCUT2D eigenvalue weighted by molar-refractivity contribution is 5.65. The minimum Gasteiger partial charge on any atom is -0.494 e. The van der Waals surface area contributed by atoms with E-state index in [2.05, 4.69) is 0 Å². The monoisotopic (exact) mass is 472 g/mol. The summed E-state index contributed by atoms with van der Waals surface area (Å²) in [6.45, 7) is 2.96. The van der Waals surface area contributed by atoms with Crippen LogP contribution < -0.4 is 9.47 Å². The zero-order valence-corrected chi connectivity index (χ0v) is 20.0. The Kier molecular flexibility index (Phi) is 10.0. The quantitative estimate of drug-likeness (QED) is 0.315. The Morgan fingerprint density at radius 3 is 2.09 bits per heavy atom. The van der Waals surface area contributed by atoms with E-state index in [1.807, 2.05) is 30.3 Å². The highest BCUT2D eigenvalue weighted by Crippen LogP contribution is 2.29. The summed E-state index contributed by atoms with van der Waals surface area (Å²) in [4.78, 5) is 0. The van der Waals surface area contributed by atoms with Crippen LogP contribution in [0.2, 0.25) is 0 Å². The first-order valence-electron chi connectivity index (χ1n) is 12.8. The average Bonchev–Trinajstić information content (AvgIpc) is 2.88. The number of unbranched alkanes of at least 4 members (excludes halogenated alkanes) is 3. The number of rotatable bonds is 12. The molecule has 6 heteroatoms. The normalized spacial score (nSPS) is 20.7. The van der Waals surface area contributed by atoms with Crippen molar-refractivity contribution in [3.05, 3.63) is 48.3 Å². The highest BCUT2D eigenvalue weighted by Gasteiger charge is 2.17. The van der Waals surface area contributed by atoms with Gasteiger partial charge in [0.15, 0.2) is 24.1 Å². The van der Waals surface area contributed by atoms with Gasteiger partial charge in [0.1, 0.15) is 5.75 Å². The van der Waals surface area contributed by atoms with Crippen molar-refractivity contribution in [1.29, 1.82) is 0 Å². The Bertz CT molecular complexity index is 844. The predicted molar refractivity (Wildman–Crippen MR) is 130 cm³/mol. The number of benzene rings is 2. The van der Waals surface area contributed by atoms with Crippen molar-refractivity contribution in [2.75, 3.05) is 26.4 Å². The zero-order valence-electron chi connectivity index (χ0n) is 20.0. The van der Waals surface area contributed by atoms with Crippen molar-refractivity contribution in [3.8, 4) is 22.6 Å². The van der Waals surface area contributed by atoms with E-state index in [0.29, 0.717) is 13.2 Å². The first kappa shape index (κ1) is 25.0. The molecular formula is C28H37FO5. The van der Waals surface area contributed by atoms with Gasteiger partial charge in [-0.05, 0) is 86.8 Å². The van der Waals surface area contributed by atoms with Gasteiger partial charge < -0.3 is 23.7 Å². The third-order valence-electron chi connectivity index (χ3n) is 6.26. The average molecular weight is 473 g/mol. The summed E-state index contributed by atoms with van der Waals surface area (Å²) in [6.07, 6.45) is 10.2. The van der Waals surface area contributed by atoms with E-state index < -0.39 is 0 Å². The molecule has 2 unspecified atom stereocenters. The van der Waals surface area contributed by atoms with Gasteiger partial charge in [0, 0.05) is 19.6 Å². The fraction of sp³-hybridized carbons (Fsp3) is 0.571. The van der Waals surface area contributed by atoms with Crippen molar-refractivity contribution in [1.82, 2.24) is 0 Å². The molecule has 0 saturated carbocycles. The van der Waals surface area contributed by atoms with Crippen LogP contribution in [0.25, 0.3) is 11.1 Å². The Hall–Kier alpha value is -2.15. The standard InChI is InChI=1S/C28H37FO5/c29-25-21-23(13-16-26(25)34-28-10-4-8-20-33-28)22-11-14-24(15-12-22)30-17-5-1-2-6-18-31-27-9-3-7-19-32-27/h11-16,21,27-28H,1-10,17-20H2. The number of halogens is 1. The molecule has 2 aromatic rings. The molecule has 0 amide bonds. The lowest BCUT2D eigenvalue weighted by molar-refractivity contribution is -0.162. The molecule has 2 heterocycles. The van der Waals surface area contributed by atoms with Gasteiger partial charge in [-0.2, -0.15) is 0 Å². The molecule has 0 N–H and O–H groups in total. The molecule has 5 nitrogen and oxygen atoms in total.